The van der Waals surface area contributed by atoms with E-state index in [0.29, 0.717) is 12.1 Å². The lowest BCUT2D eigenvalue weighted by Gasteiger charge is -2.28. The van der Waals surface area contributed by atoms with Gasteiger partial charge in [-0.1, -0.05) is 42.0 Å². The molecule has 2 aromatic heterocycles. The van der Waals surface area contributed by atoms with Crippen molar-refractivity contribution in [3.63, 3.8) is 0 Å². The molecule has 5 rings (SSSR count). The van der Waals surface area contributed by atoms with Crippen LogP contribution >= 0.6 is 0 Å². The van der Waals surface area contributed by atoms with E-state index in [9.17, 15) is 4.79 Å². The van der Waals surface area contributed by atoms with Gasteiger partial charge in [-0.3, -0.25) is 4.79 Å². The molecule has 0 aliphatic carbocycles. The molecule has 1 amide bonds. The molecular formula is C28H31N5O2. The molecule has 35 heavy (non-hydrogen) atoms. The number of fused-ring (bicyclic) bond motifs is 1. The molecule has 0 spiro atoms. The zero-order chi connectivity index (χ0) is 24.4. The van der Waals surface area contributed by atoms with E-state index in [2.05, 4.69) is 72.5 Å². The summed E-state index contributed by atoms with van der Waals surface area (Å²) in [5, 5.41) is 8.37. The van der Waals surface area contributed by atoms with Crippen LogP contribution in [-0.2, 0) is 11.3 Å². The molecule has 7 heteroatoms. The molecule has 0 saturated carbocycles. The first-order valence-corrected chi connectivity index (χ1v) is 12.1. The number of aryl methyl sites for hydroxylation is 1. The second-order valence-corrected chi connectivity index (χ2v) is 9.29. The van der Waals surface area contributed by atoms with Crippen LogP contribution in [0.15, 0.2) is 60.8 Å². The lowest BCUT2D eigenvalue weighted by atomic mass is 10.0. The van der Waals surface area contributed by atoms with Crippen molar-refractivity contribution in [2.45, 2.75) is 33.4 Å². The normalized spacial score (nSPS) is 14.0. The summed E-state index contributed by atoms with van der Waals surface area (Å²) in [6, 6.07) is 18.6. The van der Waals surface area contributed by atoms with E-state index in [0.717, 1.165) is 54.2 Å². The summed E-state index contributed by atoms with van der Waals surface area (Å²) < 4.78 is 7.31. The first-order valence-electron chi connectivity index (χ1n) is 12.1. The summed E-state index contributed by atoms with van der Waals surface area (Å²) >= 11 is 0. The summed E-state index contributed by atoms with van der Waals surface area (Å²) in [5.74, 6) is -0.133. The van der Waals surface area contributed by atoms with E-state index in [4.69, 9.17) is 9.72 Å². The number of nitrogens with zero attached hydrogens (tertiary/aromatic N) is 4. The number of amides is 1. The summed E-state index contributed by atoms with van der Waals surface area (Å²) in [6.45, 7) is 9.96. The zero-order valence-electron chi connectivity index (χ0n) is 20.5. The van der Waals surface area contributed by atoms with Crippen molar-refractivity contribution in [1.82, 2.24) is 20.1 Å². The van der Waals surface area contributed by atoms with Crippen LogP contribution < -0.4 is 10.2 Å². The van der Waals surface area contributed by atoms with Crippen LogP contribution in [0.5, 0.6) is 0 Å². The van der Waals surface area contributed by atoms with Gasteiger partial charge >= 0.3 is 0 Å². The van der Waals surface area contributed by atoms with Gasteiger partial charge in [-0.05, 0) is 44.5 Å². The Morgan fingerprint density at radius 1 is 1.06 bits per heavy atom. The molecule has 1 N–H and O–H groups in total. The molecular weight excluding hydrogens is 438 g/mol. The fourth-order valence-electron chi connectivity index (χ4n) is 4.38. The fourth-order valence-corrected chi connectivity index (χ4v) is 4.38. The topological polar surface area (TPSA) is 72.3 Å². The third-order valence-electron chi connectivity index (χ3n) is 6.41. The molecule has 0 radical (unpaired) electrons. The largest absolute Gasteiger partial charge is 0.378 e. The van der Waals surface area contributed by atoms with Crippen LogP contribution in [0.3, 0.4) is 0 Å². The molecule has 0 atom stereocenters. The monoisotopic (exact) mass is 469 g/mol. The minimum absolute atomic E-state index is 0.133. The van der Waals surface area contributed by atoms with Gasteiger partial charge < -0.3 is 15.0 Å². The molecule has 1 saturated heterocycles. The van der Waals surface area contributed by atoms with Gasteiger partial charge in [0.2, 0.25) is 0 Å². The molecule has 4 aromatic rings. The molecule has 2 aromatic carbocycles. The number of aromatic nitrogens is 3. The Hall–Kier alpha value is -3.71. The molecule has 1 fully saturated rings. The highest BCUT2D eigenvalue weighted by atomic mass is 16.5. The van der Waals surface area contributed by atoms with Crippen LogP contribution in [0.4, 0.5) is 5.69 Å². The molecule has 0 bridgehead atoms. The van der Waals surface area contributed by atoms with Gasteiger partial charge in [-0.15, -0.1) is 0 Å². The number of pyridine rings is 1. The number of hydrogen-bond acceptors (Lipinski definition) is 5. The van der Waals surface area contributed by atoms with E-state index in [1.165, 1.54) is 11.3 Å². The van der Waals surface area contributed by atoms with Crippen molar-refractivity contribution in [3.8, 4) is 11.3 Å². The predicted octanol–water partition coefficient (Wildman–Crippen LogP) is 4.75. The summed E-state index contributed by atoms with van der Waals surface area (Å²) in [5.41, 5.74) is 6.46. The molecule has 1 aliphatic heterocycles. The van der Waals surface area contributed by atoms with Gasteiger partial charge in [-0.25, -0.2) is 9.67 Å². The maximum Gasteiger partial charge on any atom is 0.252 e. The summed E-state index contributed by atoms with van der Waals surface area (Å²) in [7, 11) is 0. The predicted molar refractivity (Wildman–Crippen MR) is 139 cm³/mol. The maximum atomic E-state index is 13.4. The van der Waals surface area contributed by atoms with Gasteiger partial charge in [0, 0.05) is 36.9 Å². The number of morpholine rings is 1. The number of anilines is 1. The van der Waals surface area contributed by atoms with E-state index in [1.54, 1.807) is 6.20 Å². The minimum Gasteiger partial charge on any atom is -0.378 e. The van der Waals surface area contributed by atoms with E-state index < -0.39 is 0 Å². The lowest BCUT2D eigenvalue weighted by Crippen LogP contribution is -2.36. The van der Waals surface area contributed by atoms with Crippen LogP contribution in [0, 0.1) is 6.92 Å². The highest BCUT2D eigenvalue weighted by molar-refractivity contribution is 6.06. The lowest BCUT2D eigenvalue weighted by molar-refractivity contribution is 0.0952. The third-order valence-corrected chi connectivity index (χ3v) is 6.41. The molecule has 180 valence electrons. The molecule has 0 unspecified atom stereocenters. The Morgan fingerprint density at radius 2 is 1.77 bits per heavy atom. The summed E-state index contributed by atoms with van der Waals surface area (Å²) in [4.78, 5) is 20.6. The van der Waals surface area contributed by atoms with Gasteiger partial charge in [0.05, 0.1) is 36.1 Å². The Bertz CT molecular complexity index is 1320. The fraction of sp³-hybridized carbons (Fsp3) is 0.321. The van der Waals surface area contributed by atoms with E-state index in [1.807, 2.05) is 22.9 Å². The highest BCUT2D eigenvalue weighted by Crippen LogP contribution is 2.27. The first-order chi connectivity index (χ1) is 17.0. The number of benzene rings is 2. The SMILES string of the molecule is Cc1ccc(-c2cc(C(=O)NCc3ccc(N4CCOCC4)cc3)c3cnn(C(C)C)c3n2)cc1. The molecule has 7 nitrogen and oxygen atoms in total. The number of hydrogen-bond donors (Lipinski definition) is 1. The number of nitrogens with one attached hydrogen (secondary N) is 1. The average Bonchev–Trinajstić information content (AvgIpc) is 3.32. The first kappa shape index (κ1) is 23.1. The third kappa shape index (κ3) is 4.91. The van der Waals surface area contributed by atoms with Crippen LogP contribution in [0.1, 0.15) is 41.4 Å². The highest BCUT2D eigenvalue weighted by Gasteiger charge is 2.19. The maximum absolute atomic E-state index is 13.4. The molecule has 3 heterocycles. The van der Waals surface area contributed by atoms with Gasteiger partial charge in [0.15, 0.2) is 5.65 Å². The standard InChI is InChI=1S/C28H31N5O2/c1-19(2)33-27-25(18-30-33)24(16-26(31-27)22-8-4-20(3)5-9-22)28(34)29-17-21-6-10-23(11-7-21)32-12-14-35-15-13-32/h4-11,16,18-19H,12-15,17H2,1-3H3,(H,29,34). The summed E-state index contributed by atoms with van der Waals surface area (Å²) in [6.07, 6.45) is 1.74. The number of rotatable bonds is 6. The van der Waals surface area contributed by atoms with Gasteiger partial charge in [-0.2, -0.15) is 5.10 Å². The van der Waals surface area contributed by atoms with Crippen LogP contribution in [-0.4, -0.2) is 47.0 Å². The zero-order valence-corrected chi connectivity index (χ0v) is 20.5. The van der Waals surface area contributed by atoms with E-state index >= 15 is 0 Å². The van der Waals surface area contributed by atoms with Gasteiger partial charge in [0.1, 0.15) is 0 Å². The van der Waals surface area contributed by atoms with E-state index in [-0.39, 0.29) is 11.9 Å². The Balaban J connectivity index is 1.40. The number of carbonyl (C=O) groups excluding carboxylic acids is 1. The van der Waals surface area contributed by atoms with Gasteiger partial charge in [0.25, 0.3) is 5.91 Å². The minimum atomic E-state index is -0.133. The number of carbonyl (C=O) groups is 1. The van der Waals surface area contributed by atoms with Crippen LogP contribution in [0.25, 0.3) is 22.3 Å². The average molecular weight is 470 g/mol. The quantitative estimate of drug-likeness (QED) is 0.441. The second kappa shape index (κ2) is 9.88. The Labute approximate surface area is 205 Å². The Morgan fingerprint density at radius 3 is 2.46 bits per heavy atom. The van der Waals surface area contributed by atoms with Crippen molar-refractivity contribution in [3.05, 3.63) is 77.5 Å². The Kier molecular flexibility index (Phi) is 6.51. The number of ether oxygens (including phenoxy) is 1. The van der Waals surface area contributed by atoms with Crippen molar-refractivity contribution in [2.75, 3.05) is 31.2 Å². The van der Waals surface area contributed by atoms with Crippen molar-refractivity contribution in [1.29, 1.82) is 0 Å². The smallest absolute Gasteiger partial charge is 0.252 e. The second-order valence-electron chi connectivity index (χ2n) is 9.29. The van der Waals surface area contributed by atoms with Crippen molar-refractivity contribution in [2.24, 2.45) is 0 Å². The van der Waals surface area contributed by atoms with Crippen molar-refractivity contribution < 1.29 is 9.53 Å². The van der Waals surface area contributed by atoms with Crippen LogP contribution in [0.2, 0.25) is 0 Å². The molecule has 1 aliphatic rings. The van der Waals surface area contributed by atoms with Crippen molar-refractivity contribution >= 4 is 22.6 Å².